The van der Waals surface area contributed by atoms with Gasteiger partial charge in [0.1, 0.15) is 0 Å². The molecule has 0 bridgehead atoms. The van der Waals surface area contributed by atoms with E-state index in [4.69, 9.17) is 17.3 Å². The van der Waals surface area contributed by atoms with Crippen molar-refractivity contribution in [3.05, 3.63) is 58.6 Å². The van der Waals surface area contributed by atoms with Crippen LogP contribution in [0.2, 0.25) is 5.02 Å². The molecule has 0 unspecified atom stereocenters. The third-order valence-corrected chi connectivity index (χ3v) is 5.46. The summed E-state index contributed by atoms with van der Waals surface area (Å²) in [7, 11) is 0. The standard InChI is InChI=1S/C22H27ClN2O.ClH/c23-21-13-17(15-25-11-10-16-4-2-1-3-5-16)12-20(14-21)18-6-8-19(9-7-18)22(24)26;/h6-9,12-14,16,25H,1-5,10-11,15H2,(H2,24,26);1H. The number of hydrogen-bond donors (Lipinski definition) is 2. The molecule has 1 aliphatic rings. The molecule has 146 valence electrons. The Labute approximate surface area is 173 Å². The van der Waals surface area contributed by atoms with E-state index in [0.717, 1.165) is 35.2 Å². The summed E-state index contributed by atoms with van der Waals surface area (Å²) < 4.78 is 0. The zero-order valence-corrected chi connectivity index (χ0v) is 17.1. The molecule has 2 aromatic carbocycles. The minimum absolute atomic E-state index is 0. The average molecular weight is 407 g/mol. The number of halogens is 2. The number of nitrogens with one attached hydrogen (secondary N) is 1. The molecule has 5 heteroatoms. The molecule has 1 saturated carbocycles. The second-order valence-corrected chi connectivity index (χ2v) is 7.70. The fraction of sp³-hybridized carbons (Fsp3) is 0.409. The van der Waals surface area contributed by atoms with E-state index in [-0.39, 0.29) is 12.4 Å². The summed E-state index contributed by atoms with van der Waals surface area (Å²) >= 11 is 6.31. The smallest absolute Gasteiger partial charge is 0.248 e. The third-order valence-electron chi connectivity index (χ3n) is 5.24. The van der Waals surface area contributed by atoms with Crippen LogP contribution < -0.4 is 11.1 Å². The Morgan fingerprint density at radius 1 is 1.04 bits per heavy atom. The highest BCUT2D eigenvalue weighted by Gasteiger charge is 2.12. The Bertz CT molecular complexity index is 740. The number of benzene rings is 2. The summed E-state index contributed by atoms with van der Waals surface area (Å²) in [5.41, 5.74) is 9.08. The Morgan fingerprint density at radius 3 is 2.41 bits per heavy atom. The van der Waals surface area contributed by atoms with E-state index < -0.39 is 5.91 Å². The molecule has 0 saturated heterocycles. The molecule has 0 heterocycles. The third kappa shape index (κ3) is 6.53. The maximum absolute atomic E-state index is 11.2. The van der Waals surface area contributed by atoms with Gasteiger partial charge < -0.3 is 11.1 Å². The van der Waals surface area contributed by atoms with Crippen LogP contribution in [0.5, 0.6) is 0 Å². The molecule has 3 N–H and O–H groups in total. The van der Waals surface area contributed by atoms with E-state index in [1.165, 1.54) is 44.1 Å². The van der Waals surface area contributed by atoms with Crippen LogP contribution >= 0.6 is 24.0 Å². The van der Waals surface area contributed by atoms with Gasteiger partial charge in [0, 0.05) is 17.1 Å². The van der Waals surface area contributed by atoms with Gasteiger partial charge in [-0.25, -0.2) is 0 Å². The second kappa shape index (κ2) is 10.7. The molecule has 2 aromatic rings. The SMILES string of the molecule is Cl.NC(=O)c1ccc(-c2cc(Cl)cc(CNCCC3CCCCC3)c2)cc1. The van der Waals surface area contributed by atoms with Crippen LogP contribution in [0.1, 0.15) is 54.4 Å². The molecule has 27 heavy (non-hydrogen) atoms. The summed E-state index contributed by atoms with van der Waals surface area (Å²) in [5, 5.41) is 4.29. The Morgan fingerprint density at radius 2 is 1.74 bits per heavy atom. The summed E-state index contributed by atoms with van der Waals surface area (Å²) in [6.45, 7) is 1.87. The topological polar surface area (TPSA) is 55.1 Å². The Hall–Kier alpha value is -1.55. The zero-order chi connectivity index (χ0) is 18.4. The largest absolute Gasteiger partial charge is 0.366 e. The van der Waals surface area contributed by atoms with Crippen LogP contribution in [0.4, 0.5) is 0 Å². The molecule has 0 spiro atoms. The van der Waals surface area contributed by atoms with E-state index in [0.29, 0.717) is 5.56 Å². The fourth-order valence-electron chi connectivity index (χ4n) is 3.76. The molecule has 3 nitrogen and oxygen atoms in total. The molecular weight excluding hydrogens is 379 g/mol. The van der Waals surface area contributed by atoms with Crippen molar-refractivity contribution in [2.45, 2.75) is 45.1 Å². The Kier molecular flexibility index (Phi) is 8.62. The van der Waals surface area contributed by atoms with Gasteiger partial charge in [-0.1, -0.05) is 55.8 Å². The van der Waals surface area contributed by atoms with Crippen molar-refractivity contribution in [1.82, 2.24) is 5.32 Å². The average Bonchev–Trinajstić information content (AvgIpc) is 2.66. The first-order valence-electron chi connectivity index (χ1n) is 9.52. The van der Waals surface area contributed by atoms with Crippen molar-refractivity contribution in [2.75, 3.05) is 6.54 Å². The fourth-order valence-corrected chi connectivity index (χ4v) is 4.02. The first-order valence-corrected chi connectivity index (χ1v) is 9.90. The number of nitrogens with two attached hydrogens (primary N) is 1. The molecule has 0 radical (unpaired) electrons. The van der Waals surface area contributed by atoms with Gasteiger partial charge in [0.2, 0.25) is 5.91 Å². The molecule has 3 rings (SSSR count). The number of rotatable bonds is 7. The van der Waals surface area contributed by atoms with Crippen molar-refractivity contribution in [3.63, 3.8) is 0 Å². The highest BCUT2D eigenvalue weighted by molar-refractivity contribution is 6.31. The van der Waals surface area contributed by atoms with Crippen molar-refractivity contribution >= 4 is 29.9 Å². The van der Waals surface area contributed by atoms with Crippen molar-refractivity contribution < 1.29 is 4.79 Å². The lowest BCUT2D eigenvalue weighted by molar-refractivity contribution is 0.100. The summed E-state index contributed by atoms with van der Waals surface area (Å²) in [4.78, 5) is 11.2. The molecule has 1 aliphatic carbocycles. The maximum Gasteiger partial charge on any atom is 0.248 e. The quantitative estimate of drug-likeness (QED) is 0.588. The van der Waals surface area contributed by atoms with Crippen LogP contribution in [0.15, 0.2) is 42.5 Å². The normalized spacial score (nSPS) is 14.6. The number of carbonyl (C=O) groups excluding carboxylic acids is 1. The first-order chi connectivity index (χ1) is 12.6. The minimum atomic E-state index is -0.412. The molecule has 1 fully saturated rings. The van der Waals surface area contributed by atoms with Crippen molar-refractivity contribution in [1.29, 1.82) is 0 Å². The van der Waals surface area contributed by atoms with Crippen LogP contribution in [0.25, 0.3) is 11.1 Å². The van der Waals surface area contributed by atoms with Gasteiger partial charge in [-0.15, -0.1) is 12.4 Å². The Balaban J connectivity index is 0.00000261. The second-order valence-electron chi connectivity index (χ2n) is 7.26. The minimum Gasteiger partial charge on any atom is -0.366 e. The van der Waals surface area contributed by atoms with Crippen LogP contribution in [0, 0.1) is 5.92 Å². The highest BCUT2D eigenvalue weighted by Crippen LogP contribution is 2.27. The van der Waals surface area contributed by atoms with E-state index in [1.54, 1.807) is 12.1 Å². The van der Waals surface area contributed by atoms with E-state index in [9.17, 15) is 4.79 Å². The van der Waals surface area contributed by atoms with E-state index >= 15 is 0 Å². The van der Waals surface area contributed by atoms with Crippen molar-refractivity contribution in [2.24, 2.45) is 11.7 Å². The number of amides is 1. The van der Waals surface area contributed by atoms with Gasteiger partial charge in [0.05, 0.1) is 0 Å². The number of carbonyl (C=O) groups is 1. The van der Waals surface area contributed by atoms with E-state index in [1.807, 2.05) is 24.3 Å². The number of hydrogen-bond acceptors (Lipinski definition) is 2. The first kappa shape index (κ1) is 21.7. The van der Waals surface area contributed by atoms with Gasteiger partial charge >= 0.3 is 0 Å². The summed E-state index contributed by atoms with van der Waals surface area (Å²) in [5.74, 6) is 0.487. The lowest BCUT2D eigenvalue weighted by Gasteiger charge is -2.21. The lowest BCUT2D eigenvalue weighted by Crippen LogP contribution is -2.19. The molecule has 1 amide bonds. The summed E-state index contributed by atoms with van der Waals surface area (Å²) in [6.07, 6.45) is 8.26. The van der Waals surface area contributed by atoms with Crippen LogP contribution in [-0.4, -0.2) is 12.5 Å². The van der Waals surface area contributed by atoms with Gasteiger partial charge in [-0.3, -0.25) is 4.79 Å². The molecule has 0 atom stereocenters. The lowest BCUT2D eigenvalue weighted by atomic mass is 9.87. The zero-order valence-electron chi connectivity index (χ0n) is 15.5. The van der Waals surface area contributed by atoms with Gasteiger partial charge in [0.25, 0.3) is 0 Å². The monoisotopic (exact) mass is 406 g/mol. The van der Waals surface area contributed by atoms with Gasteiger partial charge in [-0.2, -0.15) is 0 Å². The maximum atomic E-state index is 11.2. The predicted octanol–water partition coefficient (Wildman–Crippen LogP) is 5.59. The number of primary amides is 1. The molecule has 0 aromatic heterocycles. The van der Waals surface area contributed by atoms with Crippen LogP contribution in [0.3, 0.4) is 0 Å². The molecule has 0 aliphatic heterocycles. The van der Waals surface area contributed by atoms with Gasteiger partial charge in [-0.05, 0) is 65.9 Å². The summed E-state index contributed by atoms with van der Waals surface area (Å²) in [6, 6.07) is 13.4. The predicted molar refractivity (Wildman–Crippen MR) is 116 cm³/mol. The van der Waals surface area contributed by atoms with Crippen LogP contribution in [-0.2, 0) is 6.54 Å². The van der Waals surface area contributed by atoms with Crippen molar-refractivity contribution in [3.8, 4) is 11.1 Å². The van der Waals surface area contributed by atoms with Gasteiger partial charge in [0.15, 0.2) is 0 Å². The molecular formula is C22H28Cl2N2O. The van der Waals surface area contributed by atoms with E-state index in [2.05, 4.69) is 11.4 Å². The highest BCUT2D eigenvalue weighted by atomic mass is 35.5.